The second-order valence-electron chi connectivity index (χ2n) is 8.49. The molecule has 1 aromatic rings. The zero-order valence-electron chi connectivity index (χ0n) is 16.4. The van der Waals surface area contributed by atoms with E-state index in [2.05, 4.69) is 15.6 Å². The van der Waals surface area contributed by atoms with Crippen LogP contribution < -0.4 is 5.32 Å². The van der Waals surface area contributed by atoms with E-state index in [1.54, 1.807) is 16.6 Å². The van der Waals surface area contributed by atoms with Crippen molar-refractivity contribution in [2.24, 2.45) is 11.8 Å². The summed E-state index contributed by atoms with van der Waals surface area (Å²) in [5.74, 6) is 0.0572. The first-order chi connectivity index (χ1) is 13.6. The quantitative estimate of drug-likeness (QED) is 0.745. The number of carbonyl (C=O) groups is 3. The van der Waals surface area contributed by atoms with E-state index >= 15 is 0 Å². The molecule has 2 aliphatic carbocycles. The van der Waals surface area contributed by atoms with Gasteiger partial charge in [0.1, 0.15) is 18.4 Å². The summed E-state index contributed by atoms with van der Waals surface area (Å²) in [6.45, 7) is 0.299. The molecule has 1 N–H and O–H groups in total. The van der Waals surface area contributed by atoms with Gasteiger partial charge in [0.15, 0.2) is 0 Å². The number of nitrogens with one attached hydrogen (secondary N) is 1. The molecule has 0 radical (unpaired) electrons. The second-order valence-corrected chi connectivity index (χ2v) is 8.49. The van der Waals surface area contributed by atoms with Gasteiger partial charge in [0.05, 0.1) is 5.69 Å². The van der Waals surface area contributed by atoms with Gasteiger partial charge < -0.3 is 15.0 Å². The average molecular weight is 387 g/mol. The second kappa shape index (κ2) is 8.01. The first kappa shape index (κ1) is 19.1. The lowest BCUT2D eigenvalue weighted by atomic mass is 9.83. The van der Waals surface area contributed by atoms with Gasteiger partial charge in [0, 0.05) is 31.6 Å². The Morgan fingerprint density at radius 1 is 1.21 bits per heavy atom. The average Bonchev–Trinajstić information content (AvgIpc) is 3.30. The van der Waals surface area contributed by atoms with Gasteiger partial charge in [-0.3, -0.25) is 9.59 Å². The monoisotopic (exact) mass is 387 g/mol. The minimum absolute atomic E-state index is 0.0999. The van der Waals surface area contributed by atoms with Crippen LogP contribution in [0.5, 0.6) is 0 Å². The molecular formula is C20H29N5O3. The summed E-state index contributed by atoms with van der Waals surface area (Å²) in [4.78, 5) is 39.0. The van der Waals surface area contributed by atoms with Crippen molar-refractivity contribution >= 4 is 18.1 Å². The van der Waals surface area contributed by atoms with Crippen LogP contribution >= 0.6 is 0 Å². The lowest BCUT2D eigenvalue weighted by Crippen LogP contribution is -2.49. The van der Waals surface area contributed by atoms with Crippen LogP contribution in [0, 0.1) is 11.8 Å². The number of aldehydes is 1. The van der Waals surface area contributed by atoms with Crippen LogP contribution in [0.15, 0.2) is 6.20 Å². The largest absolute Gasteiger partial charge is 0.357 e. The highest BCUT2D eigenvalue weighted by Gasteiger charge is 2.44. The summed E-state index contributed by atoms with van der Waals surface area (Å²) in [7, 11) is 1.57. The van der Waals surface area contributed by atoms with E-state index in [-0.39, 0.29) is 23.7 Å². The molecule has 1 aromatic heterocycles. The van der Waals surface area contributed by atoms with Gasteiger partial charge in [-0.15, -0.1) is 5.10 Å². The van der Waals surface area contributed by atoms with Crippen molar-refractivity contribution in [2.75, 3.05) is 13.6 Å². The number of amides is 2. The smallest absolute Gasteiger partial charge is 0.248 e. The highest BCUT2D eigenvalue weighted by molar-refractivity contribution is 5.90. The summed E-state index contributed by atoms with van der Waals surface area (Å²) in [5.41, 5.74) is 0.962. The molecule has 2 heterocycles. The van der Waals surface area contributed by atoms with Crippen LogP contribution in [0.2, 0.25) is 0 Å². The number of likely N-dealkylation sites (tertiary alicyclic amines) is 1. The van der Waals surface area contributed by atoms with Crippen LogP contribution in [0.3, 0.4) is 0 Å². The predicted molar refractivity (Wildman–Crippen MR) is 101 cm³/mol. The standard InChI is InChI=1S/C20H29N5O3/c1-21-19(27)17-9-13(12-26)10-24(17)20(28)18(15-5-3-2-4-6-15)25-11-16(22-23-25)14-7-8-14/h11-15,17-18H,2-10H2,1H3,(H,21,27)/t13-,17+,18+/m1/s1. The van der Waals surface area contributed by atoms with E-state index in [1.807, 2.05) is 6.20 Å². The zero-order chi connectivity index (χ0) is 19.7. The van der Waals surface area contributed by atoms with Crippen molar-refractivity contribution < 1.29 is 14.4 Å². The van der Waals surface area contributed by atoms with E-state index < -0.39 is 12.1 Å². The van der Waals surface area contributed by atoms with E-state index in [9.17, 15) is 14.4 Å². The van der Waals surface area contributed by atoms with Gasteiger partial charge in [-0.05, 0) is 38.0 Å². The summed E-state index contributed by atoms with van der Waals surface area (Å²) >= 11 is 0. The van der Waals surface area contributed by atoms with Crippen molar-refractivity contribution in [2.45, 2.75) is 69.4 Å². The number of aromatic nitrogens is 3. The molecule has 8 nitrogen and oxygen atoms in total. The maximum atomic E-state index is 13.7. The Hall–Kier alpha value is -2.25. The highest BCUT2D eigenvalue weighted by atomic mass is 16.2. The van der Waals surface area contributed by atoms with Crippen molar-refractivity contribution in [1.29, 1.82) is 0 Å². The Balaban J connectivity index is 1.63. The fraction of sp³-hybridized carbons (Fsp3) is 0.750. The molecule has 3 fully saturated rings. The topological polar surface area (TPSA) is 97.2 Å². The number of likely N-dealkylation sites (N-methyl/N-ethyl adjacent to an activating group) is 1. The van der Waals surface area contributed by atoms with Crippen LogP contribution in [0.25, 0.3) is 0 Å². The van der Waals surface area contributed by atoms with Crippen molar-refractivity contribution in [3.63, 3.8) is 0 Å². The van der Waals surface area contributed by atoms with Gasteiger partial charge in [0.2, 0.25) is 11.8 Å². The number of hydrogen-bond acceptors (Lipinski definition) is 5. The minimum atomic E-state index is -0.592. The predicted octanol–water partition coefficient (Wildman–Crippen LogP) is 1.44. The number of nitrogens with zero attached hydrogens (tertiary/aromatic N) is 4. The molecule has 0 unspecified atom stereocenters. The summed E-state index contributed by atoms with van der Waals surface area (Å²) < 4.78 is 1.74. The van der Waals surface area contributed by atoms with E-state index in [0.29, 0.717) is 18.9 Å². The third-order valence-corrected chi connectivity index (χ3v) is 6.52. The lowest BCUT2D eigenvalue weighted by Gasteiger charge is -2.33. The molecule has 8 heteroatoms. The van der Waals surface area contributed by atoms with E-state index in [4.69, 9.17) is 0 Å². The number of carbonyl (C=O) groups excluding carboxylic acids is 3. The SMILES string of the molecule is CNC(=O)[C@@H]1C[C@@H](C=O)CN1C(=O)[C@H](C1CCCCC1)n1cc(C2CC2)nn1. The highest BCUT2D eigenvalue weighted by Crippen LogP contribution is 2.40. The molecule has 0 bridgehead atoms. The number of hydrogen-bond donors (Lipinski definition) is 1. The summed E-state index contributed by atoms with van der Waals surface area (Å²) in [6.07, 6.45) is 10.8. The third-order valence-electron chi connectivity index (χ3n) is 6.52. The first-order valence-corrected chi connectivity index (χ1v) is 10.5. The lowest BCUT2D eigenvalue weighted by molar-refractivity contribution is -0.143. The zero-order valence-corrected chi connectivity index (χ0v) is 16.4. The minimum Gasteiger partial charge on any atom is -0.357 e. The summed E-state index contributed by atoms with van der Waals surface area (Å²) in [6, 6.07) is -1.04. The Bertz CT molecular complexity index is 738. The molecule has 0 aromatic carbocycles. The Kier molecular flexibility index (Phi) is 5.46. The molecule has 152 valence electrons. The molecular weight excluding hydrogens is 358 g/mol. The van der Waals surface area contributed by atoms with Crippen molar-refractivity contribution in [1.82, 2.24) is 25.2 Å². The molecule has 3 atom stereocenters. The van der Waals surface area contributed by atoms with Gasteiger partial charge >= 0.3 is 0 Å². The molecule has 2 saturated carbocycles. The number of rotatable bonds is 6. The van der Waals surface area contributed by atoms with Crippen LogP contribution in [0.1, 0.15) is 69.0 Å². The molecule has 1 saturated heterocycles. The van der Waals surface area contributed by atoms with Crippen LogP contribution in [0.4, 0.5) is 0 Å². The van der Waals surface area contributed by atoms with Gasteiger partial charge in [-0.1, -0.05) is 24.5 Å². The van der Waals surface area contributed by atoms with E-state index in [0.717, 1.165) is 50.5 Å². The van der Waals surface area contributed by atoms with E-state index in [1.165, 1.54) is 6.42 Å². The van der Waals surface area contributed by atoms with Gasteiger partial charge in [-0.2, -0.15) is 0 Å². The fourth-order valence-electron chi connectivity index (χ4n) is 4.77. The van der Waals surface area contributed by atoms with Crippen molar-refractivity contribution in [3.8, 4) is 0 Å². The van der Waals surface area contributed by atoms with Crippen LogP contribution in [-0.2, 0) is 14.4 Å². The maximum Gasteiger partial charge on any atom is 0.248 e. The Morgan fingerprint density at radius 2 is 1.96 bits per heavy atom. The molecule has 28 heavy (non-hydrogen) atoms. The van der Waals surface area contributed by atoms with Crippen molar-refractivity contribution in [3.05, 3.63) is 11.9 Å². The Labute approximate surface area is 165 Å². The van der Waals surface area contributed by atoms with Gasteiger partial charge in [-0.25, -0.2) is 4.68 Å². The maximum absolute atomic E-state index is 13.7. The van der Waals surface area contributed by atoms with Crippen LogP contribution in [-0.4, -0.2) is 57.6 Å². The fourth-order valence-corrected chi connectivity index (χ4v) is 4.77. The molecule has 3 aliphatic rings. The third kappa shape index (κ3) is 3.69. The van der Waals surface area contributed by atoms with Gasteiger partial charge in [0.25, 0.3) is 0 Å². The molecule has 1 aliphatic heterocycles. The molecule has 0 spiro atoms. The normalized spacial score (nSPS) is 26.8. The summed E-state index contributed by atoms with van der Waals surface area (Å²) in [5, 5.41) is 11.3. The molecule has 4 rings (SSSR count). The first-order valence-electron chi connectivity index (χ1n) is 10.5. The Morgan fingerprint density at radius 3 is 2.61 bits per heavy atom. The molecule has 2 amide bonds.